The molecule has 0 aliphatic carbocycles. The second-order valence-electron chi connectivity index (χ2n) is 8.47. The maximum Gasteiger partial charge on any atom is 0.262 e. The van der Waals surface area contributed by atoms with Crippen molar-refractivity contribution in [2.75, 3.05) is 46.0 Å². The molecular formula is C28H31N5O3. The number of nitrogens with one attached hydrogen (secondary N) is 1. The monoisotopic (exact) mass is 485 g/mol. The number of para-hydroxylation sites is 1. The maximum atomic E-state index is 12.8. The topological polar surface area (TPSA) is 92.4 Å². The summed E-state index contributed by atoms with van der Waals surface area (Å²) in [5.74, 6) is 0.394. The molecule has 0 radical (unpaired) electrons. The summed E-state index contributed by atoms with van der Waals surface area (Å²) >= 11 is 0. The average molecular weight is 486 g/mol. The van der Waals surface area contributed by atoms with E-state index in [9.17, 15) is 10.1 Å². The molecule has 4 rings (SSSR count). The van der Waals surface area contributed by atoms with Crippen molar-refractivity contribution in [3.05, 3.63) is 71.9 Å². The van der Waals surface area contributed by atoms with Crippen LogP contribution in [-0.4, -0.2) is 66.6 Å². The lowest BCUT2D eigenvalue weighted by molar-refractivity contribution is -0.117. The number of hydrogen-bond donors (Lipinski definition) is 1. The molecule has 1 amide bonds. The first kappa shape index (κ1) is 25.2. The Balaban J connectivity index is 1.57. The normalized spacial score (nSPS) is 14.3. The fraction of sp³-hybridized carbons (Fsp3) is 0.321. The van der Waals surface area contributed by atoms with Gasteiger partial charge in [-0.1, -0.05) is 25.1 Å². The number of hydrogen-bond acceptors (Lipinski definition) is 6. The molecule has 1 fully saturated rings. The SMILES string of the molecule is CCCOc1ccc(-c2nn(-c3ccccc3)cc2C=C(C#N)C(=O)NCCN2CCOCC2)cc1. The third-order valence-corrected chi connectivity index (χ3v) is 5.85. The smallest absolute Gasteiger partial charge is 0.262 e. The Labute approximate surface area is 211 Å². The second kappa shape index (κ2) is 12.7. The Morgan fingerprint density at radius 2 is 1.92 bits per heavy atom. The summed E-state index contributed by atoms with van der Waals surface area (Å²) < 4.78 is 12.8. The van der Waals surface area contributed by atoms with E-state index >= 15 is 0 Å². The Hall–Kier alpha value is -3.93. The van der Waals surface area contributed by atoms with E-state index in [1.165, 1.54) is 0 Å². The molecule has 0 bridgehead atoms. The summed E-state index contributed by atoms with van der Waals surface area (Å²) in [6, 6.07) is 19.5. The molecule has 3 aromatic rings. The van der Waals surface area contributed by atoms with Gasteiger partial charge >= 0.3 is 0 Å². The fourth-order valence-corrected chi connectivity index (χ4v) is 3.91. The lowest BCUT2D eigenvalue weighted by Gasteiger charge is -2.26. The summed E-state index contributed by atoms with van der Waals surface area (Å²) in [5, 5.41) is 17.4. The van der Waals surface area contributed by atoms with Crippen LogP contribution in [0.4, 0.5) is 0 Å². The number of nitrogens with zero attached hydrogens (tertiary/aromatic N) is 4. The van der Waals surface area contributed by atoms with Gasteiger partial charge in [0.2, 0.25) is 0 Å². The molecule has 0 unspecified atom stereocenters. The van der Waals surface area contributed by atoms with Crippen LogP contribution in [0.15, 0.2) is 66.4 Å². The van der Waals surface area contributed by atoms with Crippen LogP contribution >= 0.6 is 0 Å². The van der Waals surface area contributed by atoms with Crippen LogP contribution in [-0.2, 0) is 9.53 Å². The third kappa shape index (κ3) is 6.60. The van der Waals surface area contributed by atoms with E-state index in [4.69, 9.17) is 14.6 Å². The quantitative estimate of drug-likeness (QED) is 0.348. The number of amides is 1. The zero-order valence-electron chi connectivity index (χ0n) is 20.5. The van der Waals surface area contributed by atoms with Gasteiger partial charge in [0.05, 0.1) is 31.2 Å². The van der Waals surface area contributed by atoms with Gasteiger partial charge in [0.1, 0.15) is 17.4 Å². The van der Waals surface area contributed by atoms with Crippen molar-refractivity contribution >= 4 is 12.0 Å². The predicted octanol–water partition coefficient (Wildman–Crippen LogP) is 3.68. The minimum Gasteiger partial charge on any atom is -0.494 e. The summed E-state index contributed by atoms with van der Waals surface area (Å²) in [7, 11) is 0. The minimum absolute atomic E-state index is 0.0359. The largest absolute Gasteiger partial charge is 0.494 e. The molecule has 36 heavy (non-hydrogen) atoms. The van der Waals surface area contributed by atoms with Crippen LogP contribution < -0.4 is 10.1 Å². The highest BCUT2D eigenvalue weighted by molar-refractivity contribution is 6.02. The zero-order chi connectivity index (χ0) is 25.2. The standard InChI is InChI=1S/C28H31N5O3/c1-2-16-36-26-10-8-22(9-11-26)27-24(21-33(31-27)25-6-4-3-5-7-25)19-23(20-29)28(34)30-12-13-32-14-17-35-18-15-32/h3-11,19,21H,2,12-18H2,1H3,(H,30,34). The van der Waals surface area contributed by atoms with Gasteiger partial charge in [-0.05, 0) is 48.9 Å². The second-order valence-corrected chi connectivity index (χ2v) is 8.47. The summed E-state index contributed by atoms with van der Waals surface area (Å²) in [6.45, 7) is 7.01. The summed E-state index contributed by atoms with van der Waals surface area (Å²) in [6.07, 6.45) is 4.38. The first-order chi connectivity index (χ1) is 17.7. The van der Waals surface area contributed by atoms with E-state index in [1.54, 1.807) is 10.8 Å². The van der Waals surface area contributed by atoms with Gasteiger partial charge in [-0.25, -0.2) is 4.68 Å². The van der Waals surface area contributed by atoms with E-state index in [-0.39, 0.29) is 5.57 Å². The zero-order valence-corrected chi connectivity index (χ0v) is 20.5. The van der Waals surface area contributed by atoms with Gasteiger partial charge in [0.15, 0.2) is 0 Å². The molecule has 8 nitrogen and oxygen atoms in total. The minimum atomic E-state index is -0.396. The first-order valence-corrected chi connectivity index (χ1v) is 12.3. The summed E-state index contributed by atoms with van der Waals surface area (Å²) in [5.41, 5.74) is 3.14. The molecule has 1 aliphatic rings. The Morgan fingerprint density at radius 1 is 1.17 bits per heavy atom. The van der Waals surface area contributed by atoms with Crippen LogP contribution in [0.5, 0.6) is 5.75 Å². The van der Waals surface area contributed by atoms with Crippen molar-refractivity contribution in [3.8, 4) is 28.8 Å². The molecule has 0 spiro atoms. The van der Waals surface area contributed by atoms with Gasteiger partial charge in [0, 0.05) is 43.5 Å². The van der Waals surface area contributed by atoms with Gasteiger partial charge in [-0.3, -0.25) is 9.69 Å². The average Bonchev–Trinajstić information content (AvgIpc) is 3.35. The lowest BCUT2D eigenvalue weighted by atomic mass is 10.1. The lowest BCUT2D eigenvalue weighted by Crippen LogP contribution is -2.41. The predicted molar refractivity (Wildman–Crippen MR) is 139 cm³/mol. The molecule has 1 N–H and O–H groups in total. The van der Waals surface area contributed by atoms with E-state index in [2.05, 4.69) is 23.2 Å². The van der Waals surface area contributed by atoms with Gasteiger partial charge in [-0.15, -0.1) is 0 Å². The molecule has 2 heterocycles. The Bertz CT molecular complexity index is 1210. The number of rotatable bonds is 10. The highest BCUT2D eigenvalue weighted by atomic mass is 16.5. The number of ether oxygens (including phenoxy) is 2. The van der Waals surface area contributed by atoms with Crippen LogP contribution in [0.25, 0.3) is 23.0 Å². The van der Waals surface area contributed by atoms with Gasteiger partial charge in [-0.2, -0.15) is 10.4 Å². The van der Waals surface area contributed by atoms with Crippen LogP contribution in [0.3, 0.4) is 0 Å². The molecule has 1 aromatic heterocycles. The van der Waals surface area contributed by atoms with Crippen molar-refractivity contribution in [1.29, 1.82) is 5.26 Å². The fourth-order valence-electron chi connectivity index (χ4n) is 3.91. The van der Waals surface area contributed by atoms with Crippen molar-refractivity contribution in [2.24, 2.45) is 0 Å². The van der Waals surface area contributed by atoms with Crippen LogP contribution in [0, 0.1) is 11.3 Å². The molecule has 0 atom stereocenters. The molecule has 2 aromatic carbocycles. The number of nitriles is 1. The molecule has 1 aliphatic heterocycles. The van der Waals surface area contributed by atoms with E-state index in [1.807, 2.05) is 60.8 Å². The van der Waals surface area contributed by atoms with Crippen molar-refractivity contribution < 1.29 is 14.3 Å². The van der Waals surface area contributed by atoms with E-state index in [0.29, 0.717) is 37.6 Å². The van der Waals surface area contributed by atoms with Crippen LogP contribution in [0.1, 0.15) is 18.9 Å². The molecule has 8 heteroatoms. The number of morpholine rings is 1. The molecule has 186 valence electrons. The number of carbonyl (C=O) groups is 1. The molecular weight excluding hydrogens is 454 g/mol. The molecule has 1 saturated heterocycles. The number of aromatic nitrogens is 2. The Morgan fingerprint density at radius 3 is 2.61 bits per heavy atom. The van der Waals surface area contributed by atoms with E-state index < -0.39 is 5.91 Å². The first-order valence-electron chi connectivity index (χ1n) is 12.3. The van der Waals surface area contributed by atoms with Gasteiger partial charge in [0.25, 0.3) is 5.91 Å². The maximum absolute atomic E-state index is 12.8. The number of carbonyl (C=O) groups excluding carboxylic acids is 1. The van der Waals surface area contributed by atoms with E-state index in [0.717, 1.165) is 43.1 Å². The molecule has 0 saturated carbocycles. The highest BCUT2D eigenvalue weighted by Crippen LogP contribution is 2.27. The van der Waals surface area contributed by atoms with Crippen molar-refractivity contribution in [2.45, 2.75) is 13.3 Å². The Kier molecular flexibility index (Phi) is 8.87. The summed E-state index contributed by atoms with van der Waals surface area (Å²) in [4.78, 5) is 15.0. The third-order valence-electron chi connectivity index (χ3n) is 5.85. The van der Waals surface area contributed by atoms with Crippen molar-refractivity contribution in [3.63, 3.8) is 0 Å². The number of benzene rings is 2. The van der Waals surface area contributed by atoms with Crippen molar-refractivity contribution in [1.82, 2.24) is 20.0 Å². The van der Waals surface area contributed by atoms with Crippen LogP contribution in [0.2, 0.25) is 0 Å². The highest BCUT2D eigenvalue weighted by Gasteiger charge is 2.16. The van der Waals surface area contributed by atoms with Gasteiger partial charge < -0.3 is 14.8 Å².